The third kappa shape index (κ3) is 2.86. The molecule has 5 nitrogen and oxygen atoms in total. The summed E-state index contributed by atoms with van der Waals surface area (Å²) in [7, 11) is 0. The van der Waals surface area contributed by atoms with Crippen LogP contribution in [0.2, 0.25) is 0 Å². The van der Waals surface area contributed by atoms with Crippen molar-refractivity contribution in [2.75, 3.05) is 19.8 Å². The van der Waals surface area contributed by atoms with Crippen molar-refractivity contribution >= 4 is 6.16 Å². The maximum atomic E-state index is 10.6. The maximum Gasteiger partial charge on any atom is 0.508 e. The third-order valence-corrected chi connectivity index (χ3v) is 1.58. The predicted octanol–water partition coefficient (Wildman–Crippen LogP) is 0.921. The molecule has 0 aliphatic carbocycles. The second kappa shape index (κ2) is 5.04. The second-order valence-corrected chi connectivity index (χ2v) is 2.50. The van der Waals surface area contributed by atoms with Crippen LogP contribution < -0.4 is 0 Å². The Hall–Kier alpha value is -0.810. The van der Waals surface area contributed by atoms with Crippen LogP contribution in [0.1, 0.15) is 13.8 Å². The minimum absolute atomic E-state index is 0.198. The highest BCUT2D eigenvalue weighted by molar-refractivity contribution is 5.61. The molecule has 76 valence electrons. The molecule has 0 aromatic heterocycles. The normalized spacial score (nSPS) is 21.8. The molecule has 1 aliphatic heterocycles. The Labute approximate surface area is 76.9 Å². The summed E-state index contributed by atoms with van der Waals surface area (Å²) in [6, 6.07) is 0. The molecule has 13 heavy (non-hydrogen) atoms. The number of hydrogen-bond donors (Lipinski definition) is 0. The van der Waals surface area contributed by atoms with E-state index in [-0.39, 0.29) is 6.61 Å². The first-order valence-electron chi connectivity index (χ1n) is 4.34. The standard InChI is InChI=1S/C8H14O5/c1-3-10-7(11-4-2)6-5-12-8(9)13-6/h6-7H,3-5H2,1-2H3. The molecule has 0 N–H and O–H groups in total. The molecule has 0 radical (unpaired) electrons. The van der Waals surface area contributed by atoms with Crippen molar-refractivity contribution in [3.8, 4) is 0 Å². The zero-order valence-corrected chi connectivity index (χ0v) is 7.82. The fourth-order valence-electron chi connectivity index (χ4n) is 1.07. The molecule has 1 aliphatic rings. The van der Waals surface area contributed by atoms with Gasteiger partial charge in [0.2, 0.25) is 0 Å². The molecule has 0 bridgehead atoms. The highest BCUT2D eigenvalue weighted by atomic mass is 16.8. The Kier molecular flexibility index (Phi) is 3.98. The van der Waals surface area contributed by atoms with Gasteiger partial charge in [-0.2, -0.15) is 0 Å². The predicted molar refractivity (Wildman–Crippen MR) is 43.3 cm³/mol. The molecule has 1 saturated heterocycles. The molecule has 0 spiro atoms. The van der Waals surface area contributed by atoms with Crippen molar-refractivity contribution in [2.45, 2.75) is 26.2 Å². The smallest absolute Gasteiger partial charge is 0.430 e. The molecular formula is C8H14O5. The van der Waals surface area contributed by atoms with Gasteiger partial charge in [0.05, 0.1) is 0 Å². The summed E-state index contributed by atoms with van der Waals surface area (Å²) in [6.07, 6.45) is -1.61. The van der Waals surface area contributed by atoms with E-state index in [0.717, 1.165) is 0 Å². The summed E-state index contributed by atoms with van der Waals surface area (Å²) in [5.74, 6) is 0. The molecular weight excluding hydrogens is 176 g/mol. The zero-order chi connectivity index (χ0) is 9.68. The average Bonchev–Trinajstić information content (AvgIpc) is 2.51. The van der Waals surface area contributed by atoms with Gasteiger partial charge in [-0.3, -0.25) is 0 Å². The van der Waals surface area contributed by atoms with Crippen molar-refractivity contribution in [3.63, 3.8) is 0 Å². The molecule has 1 fully saturated rings. The fraction of sp³-hybridized carbons (Fsp3) is 0.875. The summed E-state index contributed by atoms with van der Waals surface area (Å²) < 4.78 is 19.9. The van der Waals surface area contributed by atoms with Gasteiger partial charge < -0.3 is 18.9 Å². The summed E-state index contributed by atoms with van der Waals surface area (Å²) in [6.45, 7) is 4.92. The number of rotatable bonds is 5. The van der Waals surface area contributed by atoms with Crippen LogP contribution in [0.15, 0.2) is 0 Å². The highest BCUT2D eigenvalue weighted by Crippen LogP contribution is 2.13. The number of hydrogen-bond acceptors (Lipinski definition) is 5. The SMILES string of the molecule is CCOC(OCC)C1COC(=O)O1. The van der Waals surface area contributed by atoms with Crippen LogP contribution in [-0.4, -0.2) is 38.4 Å². The quantitative estimate of drug-likeness (QED) is 0.476. The van der Waals surface area contributed by atoms with E-state index >= 15 is 0 Å². The van der Waals surface area contributed by atoms with Gasteiger partial charge in [-0.05, 0) is 13.8 Å². The maximum absolute atomic E-state index is 10.6. The van der Waals surface area contributed by atoms with Crippen molar-refractivity contribution in [2.24, 2.45) is 0 Å². The lowest BCUT2D eigenvalue weighted by Crippen LogP contribution is -2.33. The van der Waals surface area contributed by atoms with Gasteiger partial charge in [0.25, 0.3) is 0 Å². The van der Waals surface area contributed by atoms with Crippen molar-refractivity contribution in [3.05, 3.63) is 0 Å². The molecule has 0 saturated carbocycles. The van der Waals surface area contributed by atoms with E-state index in [9.17, 15) is 4.79 Å². The molecule has 0 aromatic carbocycles. The van der Waals surface area contributed by atoms with E-state index < -0.39 is 18.5 Å². The monoisotopic (exact) mass is 190 g/mol. The Bertz CT molecular complexity index is 164. The third-order valence-electron chi connectivity index (χ3n) is 1.58. The second-order valence-electron chi connectivity index (χ2n) is 2.50. The van der Waals surface area contributed by atoms with E-state index in [4.69, 9.17) is 14.2 Å². The van der Waals surface area contributed by atoms with Gasteiger partial charge >= 0.3 is 6.16 Å². The van der Waals surface area contributed by atoms with E-state index in [1.165, 1.54) is 0 Å². The molecule has 5 heteroatoms. The van der Waals surface area contributed by atoms with Crippen LogP contribution in [0.4, 0.5) is 4.79 Å². The minimum Gasteiger partial charge on any atom is -0.430 e. The number of carbonyl (C=O) groups is 1. The summed E-state index contributed by atoms with van der Waals surface area (Å²) in [5, 5.41) is 0. The largest absolute Gasteiger partial charge is 0.508 e. The Morgan fingerprint density at radius 2 is 2.08 bits per heavy atom. The summed E-state index contributed by atoms with van der Waals surface area (Å²) in [5.41, 5.74) is 0. The fourth-order valence-corrected chi connectivity index (χ4v) is 1.07. The molecule has 1 heterocycles. The lowest BCUT2D eigenvalue weighted by molar-refractivity contribution is -0.181. The Balaban J connectivity index is 2.39. The molecule has 0 aromatic rings. The van der Waals surface area contributed by atoms with Crippen LogP contribution in [0, 0.1) is 0 Å². The molecule has 0 amide bonds. The lowest BCUT2D eigenvalue weighted by Gasteiger charge is -2.19. The summed E-state index contributed by atoms with van der Waals surface area (Å²) >= 11 is 0. The molecule has 1 atom stereocenters. The van der Waals surface area contributed by atoms with E-state index in [2.05, 4.69) is 4.74 Å². The van der Waals surface area contributed by atoms with Crippen molar-refractivity contribution < 1.29 is 23.7 Å². The van der Waals surface area contributed by atoms with Crippen molar-refractivity contribution in [1.29, 1.82) is 0 Å². The topological polar surface area (TPSA) is 54.0 Å². The minimum atomic E-state index is -0.658. The average molecular weight is 190 g/mol. The number of carbonyl (C=O) groups excluding carboxylic acids is 1. The summed E-state index contributed by atoms with van der Waals surface area (Å²) in [4.78, 5) is 10.6. The van der Waals surface area contributed by atoms with E-state index in [1.807, 2.05) is 13.8 Å². The lowest BCUT2D eigenvalue weighted by atomic mass is 10.4. The van der Waals surface area contributed by atoms with Crippen molar-refractivity contribution in [1.82, 2.24) is 0 Å². The first-order valence-corrected chi connectivity index (χ1v) is 4.34. The first-order chi connectivity index (χ1) is 6.27. The van der Waals surface area contributed by atoms with Gasteiger partial charge in [-0.25, -0.2) is 4.79 Å². The van der Waals surface area contributed by atoms with Gasteiger partial charge in [0.1, 0.15) is 6.61 Å². The number of ether oxygens (including phenoxy) is 4. The van der Waals surface area contributed by atoms with Gasteiger partial charge in [0.15, 0.2) is 12.4 Å². The Morgan fingerprint density at radius 1 is 1.46 bits per heavy atom. The Morgan fingerprint density at radius 3 is 2.46 bits per heavy atom. The molecule has 1 unspecified atom stereocenters. The molecule has 1 rings (SSSR count). The highest BCUT2D eigenvalue weighted by Gasteiger charge is 2.33. The van der Waals surface area contributed by atoms with Crippen LogP contribution in [-0.2, 0) is 18.9 Å². The van der Waals surface area contributed by atoms with Crippen LogP contribution in [0.5, 0.6) is 0 Å². The zero-order valence-electron chi connectivity index (χ0n) is 7.82. The van der Waals surface area contributed by atoms with E-state index in [0.29, 0.717) is 13.2 Å². The number of cyclic esters (lactones) is 2. The van der Waals surface area contributed by atoms with Gasteiger partial charge in [-0.1, -0.05) is 0 Å². The van der Waals surface area contributed by atoms with Crippen LogP contribution in [0.25, 0.3) is 0 Å². The van der Waals surface area contributed by atoms with Crippen LogP contribution in [0.3, 0.4) is 0 Å². The van der Waals surface area contributed by atoms with Crippen LogP contribution >= 0.6 is 0 Å². The van der Waals surface area contributed by atoms with Gasteiger partial charge in [-0.15, -0.1) is 0 Å². The van der Waals surface area contributed by atoms with Gasteiger partial charge in [0, 0.05) is 13.2 Å². The first kappa shape index (κ1) is 10.3. The van der Waals surface area contributed by atoms with E-state index in [1.54, 1.807) is 0 Å².